The van der Waals surface area contributed by atoms with E-state index in [1.807, 2.05) is 7.05 Å². The molecule has 2 aliphatic heterocycles. The number of nitrogens with zero attached hydrogens (tertiary/aromatic N) is 2. The fourth-order valence-corrected chi connectivity index (χ4v) is 2.85. The molecular weight excluding hydrogens is 238 g/mol. The molecule has 2 heterocycles. The molecule has 1 fully saturated rings. The number of carbonyl (C=O) groups excluding carboxylic acids is 1. The number of aryl methyl sites for hydroxylation is 1. The van der Waals surface area contributed by atoms with Gasteiger partial charge in [0.15, 0.2) is 0 Å². The largest absolute Gasteiger partial charge is 0.374 e. The van der Waals surface area contributed by atoms with Gasteiger partial charge in [-0.15, -0.1) is 0 Å². The van der Waals surface area contributed by atoms with Crippen LogP contribution in [0.1, 0.15) is 12.0 Å². The van der Waals surface area contributed by atoms with E-state index in [2.05, 4.69) is 35.5 Å². The third-order valence-corrected chi connectivity index (χ3v) is 4.25. The molecule has 0 bridgehead atoms. The smallest absolute Gasteiger partial charge is 0.227 e. The first-order valence-electron chi connectivity index (χ1n) is 6.96. The van der Waals surface area contributed by atoms with Crippen molar-refractivity contribution in [2.75, 3.05) is 43.5 Å². The second-order valence-electron chi connectivity index (χ2n) is 5.67. The molecule has 2 aliphatic rings. The number of hydrogen-bond donors (Lipinski definition) is 1. The van der Waals surface area contributed by atoms with E-state index in [9.17, 15) is 4.79 Å². The van der Waals surface area contributed by atoms with Crippen molar-refractivity contribution in [2.24, 2.45) is 5.92 Å². The summed E-state index contributed by atoms with van der Waals surface area (Å²) < 4.78 is 0. The molecule has 0 aliphatic carbocycles. The molecule has 3 rings (SSSR count). The average molecular weight is 259 g/mol. The summed E-state index contributed by atoms with van der Waals surface area (Å²) in [7, 11) is 4.02. The minimum Gasteiger partial charge on any atom is -0.374 e. The van der Waals surface area contributed by atoms with Crippen molar-refractivity contribution in [2.45, 2.75) is 12.8 Å². The highest BCUT2D eigenvalue weighted by molar-refractivity contribution is 5.96. The normalized spacial score (nSPS) is 19.1. The first-order valence-corrected chi connectivity index (χ1v) is 6.96. The van der Waals surface area contributed by atoms with Gasteiger partial charge in [0.2, 0.25) is 5.91 Å². The van der Waals surface area contributed by atoms with E-state index in [0.29, 0.717) is 6.42 Å². The molecule has 1 amide bonds. The van der Waals surface area contributed by atoms with Crippen LogP contribution in [-0.4, -0.2) is 39.6 Å². The second kappa shape index (κ2) is 4.85. The van der Waals surface area contributed by atoms with Gasteiger partial charge in [-0.1, -0.05) is 0 Å². The molecule has 1 N–H and O–H groups in total. The summed E-state index contributed by atoms with van der Waals surface area (Å²) in [5, 5.41) is 3.31. The van der Waals surface area contributed by atoms with Crippen molar-refractivity contribution in [1.82, 2.24) is 5.32 Å². The van der Waals surface area contributed by atoms with Gasteiger partial charge in [0.25, 0.3) is 0 Å². The van der Waals surface area contributed by atoms with E-state index in [0.717, 1.165) is 37.7 Å². The Balaban J connectivity index is 1.78. The predicted octanol–water partition coefficient (Wildman–Crippen LogP) is 1.25. The number of amides is 1. The molecular formula is C15H21N3O. The zero-order chi connectivity index (χ0) is 13.4. The summed E-state index contributed by atoms with van der Waals surface area (Å²) in [5.41, 5.74) is 3.62. The fraction of sp³-hybridized carbons (Fsp3) is 0.533. The Bertz CT molecular complexity index is 496. The number of nitrogens with one attached hydrogen (secondary N) is 1. The van der Waals surface area contributed by atoms with Crippen LogP contribution in [-0.2, 0) is 11.2 Å². The van der Waals surface area contributed by atoms with Gasteiger partial charge in [0, 0.05) is 57.4 Å². The average Bonchev–Trinajstić information content (AvgIpc) is 2.37. The predicted molar refractivity (Wildman–Crippen MR) is 77.8 cm³/mol. The van der Waals surface area contributed by atoms with E-state index in [-0.39, 0.29) is 5.91 Å². The molecule has 0 spiro atoms. The Morgan fingerprint density at radius 3 is 2.84 bits per heavy atom. The Morgan fingerprint density at radius 1 is 1.37 bits per heavy atom. The van der Waals surface area contributed by atoms with Gasteiger partial charge >= 0.3 is 0 Å². The van der Waals surface area contributed by atoms with E-state index in [1.165, 1.54) is 11.3 Å². The number of carbonyl (C=O) groups is 1. The minimum atomic E-state index is 0.217. The van der Waals surface area contributed by atoms with Gasteiger partial charge in [-0.05, 0) is 30.2 Å². The third kappa shape index (κ3) is 2.32. The van der Waals surface area contributed by atoms with E-state index < -0.39 is 0 Å². The molecule has 0 radical (unpaired) electrons. The minimum absolute atomic E-state index is 0.217. The first kappa shape index (κ1) is 12.5. The molecule has 0 saturated carbocycles. The zero-order valence-electron chi connectivity index (χ0n) is 11.6. The lowest BCUT2D eigenvalue weighted by Gasteiger charge is -2.33. The van der Waals surface area contributed by atoms with Crippen molar-refractivity contribution >= 4 is 17.3 Å². The van der Waals surface area contributed by atoms with Crippen molar-refractivity contribution < 1.29 is 4.79 Å². The van der Waals surface area contributed by atoms with Gasteiger partial charge in [0.1, 0.15) is 0 Å². The lowest BCUT2D eigenvalue weighted by atomic mass is 9.99. The third-order valence-electron chi connectivity index (χ3n) is 4.25. The SMILES string of the molecule is CN(CC1CNC1)c1ccc2c(c1)CCC(=O)N2C. The van der Waals surface area contributed by atoms with Gasteiger partial charge < -0.3 is 15.1 Å². The van der Waals surface area contributed by atoms with Gasteiger partial charge in [-0.25, -0.2) is 0 Å². The Labute approximate surface area is 114 Å². The van der Waals surface area contributed by atoms with E-state index in [1.54, 1.807) is 4.90 Å². The first-order chi connectivity index (χ1) is 9.15. The van der Waals surface area contributed by atoms with Crippen LogP contribution in [0.3, 0.4) is 0 Å². The van der Waals surface area contributed by atoms with E-state index >= 15 is 0 Å². The van der Waals surface area contributed by atoms with Crippen LogP contribution >= 0.6 is 0 Å². The summed E-state index contributed by atoms with van der Waals surface area (Å²) in [4.78, 5) is 15.8. The molecule has 102 valence electrons. The summed E-state index contributed by atoms with van der Waals surface area (Å²) in [5.74, 6) is 0.986. The van der Waals surface area contributed by atoms with Crippen LogP contribution < -0.4 is 15.1 Å². The van der Waals surface area contributed by atoms with Crippen molar-refractivity contribution in [3.63, 3.8) is 0 Å². The summed E-state index contributed by atoms with van der Waals surface area (Å²) in [6.45, 7) is 3.36. The molecule has 4 nitrogen and oxygen atoms in total. The molecule has 4 heteroatoms. The Morgan fingerprint density at radius 2 is 2.16 bits per heavy atom. The molecule has 1 saturated heterocycles. The summed E-state index contributed by atoms with van der Waals surface area (Å²) in [6, 6.07) is 6.45. The highest BCUT2D eigenvalue weighted by Gasteiger charge is 2.22. The molecule has 1 aromatic carbocycles. The highest BCUT2D eigenvalue weighted by atomic mass is 16.2. The lowest BCUT2D eigenvalue weighted by molar-refractivity contribution is -0.118. The Kier molecular flexibility index (Phi) is 3.19. The van der Waals surface area contributed by atoms with Crippen LogP contribution in [0, 0.1) is 5.92 Å². The van der Waals surface area contributed by atoms with Crippen LogP contribution in [0.5, 0.6) is 0 Å². The van der Waals surface area contributed by atoms with Gasteiger partial charge in [-0.3, -0.25) is 4.79 Å². The zero-order valence-corrected chi connectivity index (χ0v) is 11.6. The maximum Gasteiger partial charge on any atom is 0.227 e. The lowest BCUT2D eigenvalue weighted by Crippen LogP contribution is -2.47. The van der Waals surface area contributed by atoms with Crippen molar-refractivity contribution in [3.05, 3.63) is 23.8 Å². The molecule has 0 aromatic heterocycles. The molecule has 19 heavy (non-hydrogen) atoms. The summed E-state index contributed by atoms with van der Waals surface area (Å²) in [6.07, 6.45) is 1.49. The maximum absolute atomic E-state index is 11.7. The van der Waals surface area contributed by atoms with E-state index in [4.69, 9.17) is 0 Å². The fourth-order valence-electron chi connectivity index (χ4n) is 2.85. The standard InChI is InChI=1S/C15H21N3O/c1-17(10-11-8-16-9-11)13-4-5-14-12(7-13)3-6-15(19)18(14)2/h4-5,7,11,16H,3,6,8-10H2,1-2H3. The quantitative estimate of drug-likeness (QED) is 0.887. The second-order valence-corrected chi connectivity index (χ2v) is 5.67. The van der Waals surface area contributed by atoms with Gasteiger partial charge in [-0.2, -0.15) is 0 Å². The van der Waals surface area contributed by atoms with Gasteiger partial charge in [0.05, 0.1) is 0 Å². The Hall–Kier alpha value is -1.55. The van der Waals surface area contributed by atoms with Crippen LogP contribution in [0.4, 0.5) is 11.4 Å². The number of benzene rings is 1. The topological polar surface area (TPSA) is 35.6 Å². The highest BCUT2D eigenvalue weighted by Crippen LogP contribution is 2.30. The number of rotatable bonds is 3. The van der Waals surface area contributed by atoms with Crippen LogP contribution in [0.15, 0.2) is 18.2 Å². The van der Waals surface area contributed by atoms with Crippen LogP contribution in [0.2, 0.25) is 0 Å². The molecule has 1 aromatic rings. The molecule has 0 unspecified atom stereocenters. The molecule has 0 atom stereocenters. The number of fused-ring (bicyclic) bond motifs is 1. The van der Waals surface area contributed by atoms with Crippen LogP contribution in [0.25, 0.3) is 0 Å². The maximum atomic E-state index is 11.7. The number of hydrogen-bond acceptors (Lipinski definition) is 3. The summed E-state index contributed by atoms with van der Waals surface area (Å²) >= 11 is 0. The van der Waals surface area contributed by atoms with Crippen molar-refractivity contribution in [1.29, 1.82) is 0 Å². The monoisotopic (exact) mass is 259 g/mol. The van der Waals surface area contributed by atoms with Crippen molar-refractivity contribution in [3.8, 4) is 0 Å². The number of anilines is 2.